The largest absolute Gasteiger partial charge is 0.377 e. The van der Waals surface area contributed by atoms with Gasteiger partial charge in [0.1, 0.15) is 0 Å². The first-order valence-corrected chi connectivity index (χ1v) is 4.45. The summed E-state index contributed by atoms with van der Waals surface area (Å²) in [6.45, 7) is 7.25. The molecule has 1 saturated carbocycles. The quantitative estimate of drug-likeness (QED) is 0.660. The number of hydrogen-bond donors (Lipinski definition) is 1. The molecule has 1 aliphatic carbocycles. The molecule has 0 bridgehead atoms. The van der Waals surface area contributed by atoms with Gasteiger partial charge in [-0.2, -0.15) is 0 Å². The van der Waals surface area contributed by atoms with Gasteiger partial charge in [-0.05, 0) is 25.2 Å². The zero-order valence-electron chi connectivity index (χ0n) is 7.76. The van der Waals surface area contributed by atoms with Crippen LogP contribution in [-0.2, 0) is 4.74 Å². The van der Waals surface area contributed by atoms with E-state index in [2.05, 4.69) is 13.8 Å². The van der Waals surface area contributed by atoms with Crippen molar-refractivity contribution in [3.05, 3.63) is 0 Å². The molecule has 0 aromatic rings. The van der Waals surface area contributed by atoms with Gasteiger partial charge in [-0.1, -0.05) is 13.8 Å². The zero-order chi connectivity index (χ0) is 8.48. The predicted octanol–water partition coefficient (Wildman–Crippen LogP) is 1.54. The predicted molar refractivity (Wildman–Crippen MR) is 46.4 cm³/mol. The van der Waals surface area contributed by atoms with Crippen molar-refractivity contribution in [2.75, 3.05) is 6.61 Å². The summed E-state index contributed by atoms with van der Waals surface area (Å²) in [5, 5.41) is 0. The Balaban J connectivity index is 2.49. The van der Waals surface area contributed by atoms with E-state index in [1.165, 1.54) is 6.42 Å². The van der Waals surface area contributed by atoms with Gasteiger partial charge in [-0.25, -0.2) is 0 Å². The van der Waals surface area contributed by atoms with Crippen LogP contribution in [0.5, 0.6) is 0 Å². The Morgan fingerprint density at radius 3 is 2.55 bits per heavy atom. The van der Waals surface area contributed by atoms with E-state index in [0.29, 0.717) is 6.10 Å². The lowest BCUT2D eigenvalue weighted by molar-refractivity contribution is 0.0464. The van der Waals surface area contributed by atoms with Crippen LogP contribution in [0.25, 0.3) is 0 Å². The highest BCUT2D eigenvalue weighted by Crippen LogP contribution is 2.37. The van der Waals surface area contributed by atoms with E-state index in [-0.39, 0.29) is 11.5 Å². The van der Waals surface area contributed by atoms with Gasteiger partial charge in [0, 0.05) is 12.6 Å². The smallest absolute Gasteiger partial charge is 0.0731 e. The Morgan fingerprint density at radius 2 is 2.18 bits per heavy atom. The van der Waals surface area contributed by atoms with Crippen molar-refractivity contribution in [1.82, 2.24) is 0 Å². The second kappa shape index (κ2) is 3.11. The summed E-state index contributed by atoms with van der Waals surface area (Å²) >= 11 is 0. The molecule has 2 nitrogen and oxygen atoms in total. The molecule has 0 aliphatic heterocycles. The lowest BCUT2D eigenvalue weighted by Gasteiger charge is -2.26. The summed E-state index contributed by atoms with van der Waals surface area (Å²) < 4.78 is 5.53. The third-order valence-corrected chi connectivity index (χ3v) is 2.76. The number of ether oxygens (including phenoxy) is 1. The Morgan fingerprint density at radius 1 is 1.55 bits per heavy atom. The van der Waals surface area contributed by atoms with E-state index in [0.717, 1.165) is 13.0 Å². The molecule has 0 aromatic heterocycles. The highest BCUT2D eigenvalue weighted by Gasteiger charge is 2.39. The monoisotopic (exact) mass is 157 g/mol. The number of rotatable bonds is 2. The summed E-state index contributed by atoms with van der Waals surface area (Å²) in [7, 11) is 0. The van der Waals surface area contributed by atoms with Crippen LogP contribution in [0.3, 0.4) is 0 Å². The lowest BCUT2D eigenvalue weighted by Crippen LogP contribution is -2.41. The van der Waals surface area contributed by atoms with Crippen molar-refractivity contribution < 1.29 is 4.74 Å². The molecule has 0 amide bonds. The molecule has 1 rings (SSSR count). The molecule has 11 heavy (non-hydrogen) atoms. The van der Waals surface area contributed by atoms with Crippen LogP contribution >= 0.6 is 0 Å². The van der Waals surface area contributed by atoms with Crippen LogP contribution in [0.4, 0.5) is 0 Å². The maximum absolute atomic E-state index is 6.02. The van der Waals surface area contributed by atoms with Crippen LogP contribution in [0.15, 0.2) is 0 Å². The van der Waals surface area contributed by atoms with Gasteiger partial charge in [0.25, 0.3) is 0 Å². The first kappa shape index (κ1) is 9.01. The topological polar surface area (TPSA) is 35.2 Å². The van der Waals surface area contributed by atoms with Gasteiger partial charge < -0.3 is 10.5 Å². The van der Waals surface area contributed by atoms with Crippen LogP contribution in [0.2, 0.25) is 0 Å². The van der Waals surface area contributed by atoms with Gasteiger partial charge in [0.15, 0.2) is 0 Å². The second-order valence-corrected chi connectivity index (χ2v) is 4.05. The van der Waals surface area contributed by atoms with Gasteiger partial charge >= 0.3 is 0 Å². The van der Waals surface area contributed by atoms with Crippen molar-refractivity contribution >= 4 is 0 Å². The minimum Gasteiger partial charge on any atom is -0.377 e. The van der Waals surface area contributed by atoms with E-state index in [1.54, 1.807) is 0 Å². The third kappa shape index (κ3) is 1.74. The Labute approximate surface area is 69.1 Å². The third-order valence-electron chi connectivity index (χ3n) is 2.76. The van der Waals surface area contributed by atoms with Crippen LogP contribution in [-0.4, -0.2) is 18.8 Å². The molecule has 0 heterocycles. The van der Waals surface area contributed by atoms with Crippen molar-refractivity contribution in [3.8, 4) is 0 Å². The van der Waals surface area contributed by atoms with Crippen molar-refractivity contribution in [1.29, 1.82) is 0 Å². The standard InChI is InChI=1S/C9H19NO/c1-4-11-7-5-6-9(2,3)8(7)10/h7-8H,4-6,10H2,1-3H3. The van der Waals surface area contributed by atoms with E-state index >= 15 is 0 Å². The molecular formula is C9H19NO. The Bertz CT molecular complexity index is 134. The molecule has 2 heteroatoms. The summed E-state index contributed by atoms with van der Waals surface area (Å²) in [6.07, 6.45) is 2.62. The maximum Gasteiger partial charge on any atom is 0.0731 e. The van der Waals surface area contributed by atoms with Crippen molar-refractivity contribution in [2.24, 2.45) is 11.1 Å². The molecule has 0 saturated heterocycles. The van der Waals surface area contributed by atoms with Crippen LogP contribution in [0.1, 0.15) is 33.6 Å². The van der Waals surface area contributed by atoms with Crippen molar-refractivity contribution in [2.45, 2.75) is 45.8 Å². The molecule has 0 radical (unpaired) electrons. The number of hydrogen-bond acceptors (Lipinski definition) is 2. The maximum atomic E-state index is 6.02. The normalized spacial score (nSPS) is 36.0. The fourth-order valence-electron chi connectivity index (χ4n) is 1.76. The molecule has 0 aromatic carbocycles. The van der Waals surface area contributed by atoms with E-state index < -0.39 is 0 Å². The highest BCUT2D eigenvalue weighted by molar-refractivity contribution is 4.94. The molecule has 66 valence electrons. The first-order chi connectivity index (χ1) is 5.08. The molecule has 2 atom stereocenters. The average Bonchev–Trinajstić information content (AvgIpc) is 2.17. The van der Waals surface area contributed by atoms with Gasteiger partial charge in [-0.15, -0.1) is 0 Å². The fourth-order valence-corrected chi connectivity index (χ4v) is 1.76. The molecule has 0 spiro atoms. The fraction of sp³-hybridized carbons (Fsp3) is 1.00. The van der Waals surface area contributed by atoms with Gasteiger partial charge in [0.05, 0.1) is 6.10 Å². The highest BCUT2D eigenvalue weighted by atomic mass is 16.5. The summed E-state index contributed by atoms with van der Waals surface area (Å²) in [5.41, 5.74) is 6.30. The molecular weight excluding hydrogens is 138 g/mol. The Kier molecular flexibility index (Phi) is 2.55. The molecule has 1 aliphatic rings. The average molecular weight is 157 g/mol. The van der Waals surface area contributed by atoms with E-state index in [4.69, 9.17) is 10.5 Å². The summed E-state index contributed by atoms with van der Waals surface area (Å²) in [4.78, 5) is 0. The SMILES string of the molecule is CCOC1CCC(C)(C)C1N. The van der Waals surface area contributed by atoms with Crippen molar-refractivity contribution in [3.63, 3.8) is 0 Å². The zero-order valence-corrected chi connectivity index (χ0v) is 7.76. The van der Waals surface area contributed by atoms with Crippen LogP contribution < -0.4 is 5.73 Å². The minimum atomic E-state index is 0.224. The van der Waals surface area contributed by atoms with E-state index in [1.807, 2.05) is 6.92 Å². The Hall–Kier alpha value is -0.0800. The minimum absolute atomic E-state index is 0.224. The number of nitrogens with two attached hydrogens (primary N) is 1. The first-order valence-electron chi connectivity index (χ1n) is 4.45. The summed E-state index contributed by atoms with van der Waals surface area (Å²) in [5.74, 6) is 0. The second-order valence-electron chi connectivity index (χ2n) is 4.05. The molecule has 2 unspecified atom stereocenters. The molecule has 2 N–H and O–H groups in total. The van der Waals surface area contributed by atoms with E-state index in [9.17, 15) is 0 Å². The van der Waals surface area contributed by atoms with Gasteiger partial charge in [-0.3, -0.25) is 0 Å². The van der Waals surface area contributed by atoms with Crippen LogP contribution in [0, 0.1) is 5.41 Å². The molecule has 1 fully saturated rings. The lowest BCUT2D eigenvalue weighted by atomic mass is 9.88. The summed E-state index contributed by atoms with van der Waals surface area (Å²) in [6, 6.07) is 0.224. The van der Waals surface area contributed by atoms with Gasteiger partial charge in [0.2, 0.25) is 0 Å².